The maximum atomic E-state index is 5.30. The number of aryl methyl sites for hydroxylation is 1. The van der Waals surface area contributed by atoms with Crippen LogP contribution in [0.3, 0.4) is 0 Å². The molecule has 1 atom stereocenters. The molecule has 0 spiro atoms. The second-order valence-corrected chi connectivity index (χ2v) is 6.24. The van der Waals surface area contributed by atoms with Crippen LogP contribution in [0.1, 0.15) is 38.8 Å². The molecule has 0 heterocycles. The molecule has 0 radical (unpaired) electrons. The molecule has 21 heavy (non-hydrogen) atoms. The molecule has 0 aliphatic heterocycles. The van der Waals surface area contributed by atoms with E-state index < -0.39 is 0 Å². The van der Waals surface area contributed by atoms with E-state index in [1.807, 2.05) is 0 Å². The Morgan fingerprint density at radius 2 is 1.95 bits per heavy atom. The van der Waals surface area contributed by atoms with Gasteiger partial charge in [0, 0.05) is 31.9 Å². The van der Waals surface area contributed by atoms with Crippen LogP contribution in [0.15, 0.2) is 18.2 Å². The zero-order valence-electron chi connectivity index (χ0n) is 14.6. The van der Waals surface area contributed by atoms with Crippen molar-refractivity contribution in [3.8, 4) is 0 Å². The van der Waals surface area contributed by atoms with Crippen LogP contribution >= 0.6 is 0 Å². The number of likely N-dealkylation sites (N-methyl/N-ethyl adjacent to an activating group) is 1. The Bertz CT molecular complexity index is 418. The van der Waals surface area contributed by atoms with Gasteiger partial charge in [0.2, 0.25) is 0 Å². The molecule has 0 bridgehead atoms. The highest BCUT2D eigenvalue weighted by molar-refractivity contribution is 5.55. The third-order valence-corrected chi connectivity index (χ3v) is 3.73. The van der Waals surface area contributed by atoms with Crippen LogP contribution in [0.25, 0.3) is 0 Å². The van der Waals surface area contributed by atoms with Gasteiger partial charge in [0.05, 0.1) is 6.61 Å². The van der Waals surface area contributed by atoms with Gasteiger partial charge in [0.1, 0.15) is 0 Å². The van der Waals surface area contributed by atoms with Crippen LogP contribution in [0, 0.1) is 12.8 Å². The molecule has 1 N–H and O–H groups in total. The van der Waals surface area contributed by atoms with Crippen molar-refractivity contribution in [1.82, 2.24) is 5.32 Å². The van der Waals surface area contributed by atoms with E-state index in [1.54, 1.807) is 7.11 Å². The molecular weight excluding hydrogens is 260 g/mol. The minimum atomic E-state index is 0.392. The summed E-state index contributed by atoms with van der Waals surface area (Å²) in [5.41, 5.74) is 4.01. The van der Waals surface area contributed by atoms with E-state index in [0.29, 0.717) is 12.0 Å². The lowest BCUT2D eigenvalue weighted by atomic mass is 10.1. The van der Waals surface area contributed by atoms with Crippen molar-refractivity contribution < 1.29 is 4.74 Å². The first kappa shape index (κ1) is 18.0. The summed E-state index contributed by atoms with van der Waals surface area (Å²) in [7, 11) is 1.76. The lowest BCUT2D eigenvalue weighted by molar-refractivity contribution is 0.182. The van der Waals surface area contributed by atoms with Crippen LogP contribution in [0.2, 0.25) is 0 Å². The highest BCUT2D eigenvalue weighted by Crippen LogP contribution is 2.23. The molecule has 0 aliphatic rings. The summed E-state index contributed by atoms with van der Waals surface area (Å²) < 4.78 is 5.30. The average Bonchev–Trinajstić information content (AvgIpc) is 2.42. The SMILES string of the molecule is CCN(c1ccc(CNCC(C)C)cc1C)C(C)COC. The lowest BCUT2D eigenvalue weighted by Gasteiger charge is -2.31. The Balaban J connectivity index is 2.76. The highest BCUT2D eigenvalue weighted by atomic mass is 16.5. The molecule has 0 aliphatic carbocycles. The molecule has 0 aromatic heterocycles. The fraction of sp³-hybridized carbons (Fsp3) is 0.667. The van der Waals surface area contributed by atoms with E-state index in [1.165, 1.54) is 16.8 Å². The third kappa shape index (κ3) is 5.68. The largest absolute Gasteiger partial charge is 0.383 e. The van der Waals surface area contributed by atoms with Gasteiger partial charge in [0.15, 0.2) is 0 Å². The summed E-state index contributed by atoms with van der Waals surface area (Å²) in [6.07, 6.45) is 0. The van der Waals surface area contributed by atoms with E-state index in [-0.39, 0.29) is 0 Å². The Morgan fingerprint density at radius 3 is 2.48 bits per heavy atom. The van der Waals surface area contributed by atoms with E-state index in [4.69, 9.17) is 4.74 Å². The van der Waals surface area contributed by atoms with Gasteiger partial charge in [-0.25, -0.2) is 0 Å². The Kier molecular flexibility index (Phi) is 7.76. The van der Waals surface area contributed by atoms with E-state index in [9.17, 15) is 0 Å². The monoisotopic (exact) mass is 292 g/mol. The minimum absolute atomic E-state index is 0.392. The molecule has 1 aromatic carbocycles. The zero-order chi connectivity index (χ0) is 15.8. The summed E-state index contributed by atoms with van der Waals surface area (Å²) >= 11 is 0. The number of nitrogens with one attached hydrogen (secondary N) is 1. The minimum Gasteiger partial charge on any atom is -0.383 e. The number of nitrogens with zero attached hydrogens (tertiary/aromatic N) is 1. The standard InChI is InChI=1S/C18H32N2O/c1-7-20(16(5)13-21-6)18-9-8-17(10-15(18)4)12-19-11-14(2)3/h8-10,14,16,19H,7,11-13H2,1-6H3. The number of rotatable bonds is 9. The first-order valence-corrected chi connectivity index (χ1v) is 8.05. The summed E-state index contributed by atoms with van der Waals surface area (Å²) in [5, 5.41) is 3.50. The molecule has 1 unspecified atom stereocenters. The number of hydrogen-bond donors (Lipinski definition) is 1. The van der Waals surface area contributed by atoms with E-state index in [2.05, 4.69) is 63.0 Å². The molecule has 3 nitrogen and oxygen atoms in total. The van der Waals surface area contributed by atoms with Gasteiger partial charge >= 0.3 is 0 Å². The fourth-order valence-electron chi connectivity index (χ4n) is 2.71. The van der Waals surface area contributed by atoms with Crippen molar-refractivity contribution in [2.45, 2.75) is 47.2 Å². The molecule has 0 amide bonds. The van der Waals surface area contributed by atoms with Crippen LogP contribution in [0.5, 0.6) is 0 Å². The number of methoxy groups -OCH3 is 1. The summed E-state index contributed by atoms with van der Waals surface area (Å²) in [4.78, 5) is 2.41. The first-order chi connectivity index (χ1) is 9.99. The van der Waals surface area contributed by atoms with E-state index >= 15 is 0 Å². The van der Waals surface area contributed by atoms with Gasteiger partial charge in [-0.2, -0.15) is 0 Å². The Labute approximate surface area is 130 Å². The number of anilines is 1. The van der Waals surface area contributed by atoms with Crippen molar-refractivity contribution in [3.63, 3.8) is 0 Å². The molecular formula is C18H32N2O. The second kappa shape index (κ2) is 9.06. The summed E-state index contributed by atoms with van der Waals surface area (Å²) in [6, 6.07) is 7.17. The van der Waals surface area contributed by atoms with Crippen LogP contribution < -0.4 is 10.2 Å². The van der Waals surface area contributed by atoms with Gasteiger partial charge < -0.3 is 15.0 Å². The molecule has 1 rings (SSSR count). The first-order valence-electron chi connectivity index (χ1n) is 8.05. The summed E-state index contributed by atoms with van der Waals surface area (Å²) in [6.45, 7) is 14.8. The predicted octanol–water partition coefficient (Wildman–Crippen LogP) is 3.60. The quantitative estimate of drug-likeness (QED) is 0.752. The van der Waals surface area contributed by atoms with Gasteiger partial charge in [0.25, 0.3) is 0 Å². The molecule has 120 valence electrons. The third-order valence-electron chi connectivity index (χ3n) is 3.73. The number of benzene rings is 1. The normalized spacial score (nSPS) is 12.7. The maximum Gasteiger partial charge on any atom is 0.0663 e. The van der Waals surface area contributed by atoms with Gasteiger partial charge in [-0.05, 0) is 50.4 Å². The molecule has 0 fully saturated rings. The zero-order valence-corrected chi connectivity index (χ0v) is 14.6. The fourth-order valence-corrected chi connectivity index (χ4v) is 2.71. The topological polar surface area (TPSA) is 24.5 Å². The maximum absolute atomic E-state index is 5.30. The summed E-state index contributed by atoms with van der Waals surface area (Å²) in [5.74, 6) is 0.691. The highest BCUT2D eigenvalue weighted by Gasteiger charge is 2.14. The molecule has 3 heteroatoms. The average molecular weight is 292 g/mol. The van der Waals surface area contributed by atoms with E-state index in [0.717, 1.165) is 26.2 Å². The number of hydrogen-bond acceptors (Lipinski definition) is 3. The van der Waals surface area contributed by atoms with Gasteiger partial charge in [-0.3, -0.25) is 0 Å². The van der Waals surface area contributed by atoms with Crippen LogP contribution in [-0.4, -0.2) is 32.8 Å². The van der Waals surface area contributed by atoms with Crippen LogP contribution in [0.4, 0.5) is 5.69 Å². The van der Waals surface area contributed by atoms with Crippen molar-refractivity contribution in [1.29, 1.82) is 0 Å². The smallest absolute Gasteiger partial charge is 0.0663 e. The second-order valence-electron chi connectivity index (χ2n) is 6.24. The van der Waals surface area contributed by atoms with Crippen molar-refractivity contribution >= 4 is 5.69 Å². The molecule has 0 saturated carbocycles. The van der Waals surface area contributed by atoms with Crippen molar-refractivity contribution in [2.24, 2.45) is 5.92 Å². The van der Waals surface area contributed by atoms with Crippen LogP contribution in [-0.2, 0) is 11.3 Å². The predicted molar refractivity (Wildman–Crippen MR) is 92.1 cm³/mol. The lowest BCUT2D eigenvalue weighted by Crippen LogP contribution is -2.36. The van der Waals surface area contributed by atoms with Crippen molar-refractivity contribution in [2.75, 3.05) is 31.7 Å². The molecule has 1 aromatic rings. The van der Waals surface area contributed by atoms with Crippen molar-refractivity contribution in [3.05, 3.63) is 29.3 Å². The van der Waals surface area contributed by atoms with Gasteiger partial charge in [-0.15, -0.1) is 0 Å². The number of ether oxygens (including phenoxy) is 1. The Hall–Kier alpha value is -1.06. The molecule has 0 saturated heterocycles. The van der Waals surface area contributed by atoms with Gasteiger partial charge in [-0.1, -0.05) is 26.0 Å². The Morgan fingerprint density at radius 1 is 1.24 bits per heavy atom.